The van der Waals surface area contributed by atoms with Gasteiger partial charge in [-0.2, -0.15) is 0 Å². The van der Waals surface area contributed by atoms with Crippen LogP contribution in [-0.4, -0.2) is 44.1 Å². The number of ether oxygens (including phenoxy) is 1. The Bertz CT molecular complexity index is 612. The molecule has 0 saturated carbocycles. The largest absolute Gasteiger partial charge is 0.410 e. The van der Waals surface area contributed by atoms with Gasteiger partial charge < -0.3 is 14.5 Å². The minimum atomic E-state index is -1.94. The van der Waals surface area contributed by atoms with Crippen molar-refractivity contribution < 1.29 is 9.16 Å². The van der Waals surface area contributed by atoms with Crippen molar-refractivity contribution in [1.29, 1.82) is 0 Å². The summed E-state index contributed by atoms with van der Waals surface area (Å²) in [5.74, 6) is 0.813. The summed E-state index contributed by atoms with van der Waals surface area (Å²) in [7, 11) is -0.227. The molecule has 0 spiro atoms. The van der Waals surface area contributed by atoms with Crippen LogP contribution in [0.4, 0.5) is 5.95 Å². The van der Waals surface area contributed by atoms with E-state index in [1.54, 1.807) is 25.6 Å². The van der Waals surface area contributed by atoms with Crippen molar-refractivity contribution >= 4 is 14.3 Å². The van der Waals surface area contributed by atoms with Gasteiger partial charge in [0.15, 0.2) is 8.32 Å². The van der Waals surface area contributed by atoms with Crippen molar-refractivity contribution in [2.75, 3.05) is 19.0 Å². The second-order valence-electron chi connectivity index (χ2n) is 8.58. The molecule has 5 nitrogen and oxygen atoms in total. The SMILES string of the molecule is C=C[C@H](OC)[C@@H](O[Si](C)(C)C(C)(C)C)[C@H](C)C=C(C)CNc1ncccn1. The van der Waals surface area contributed by atoms with Crippen LogP contribution in [0, 0.1) is 5.92 Å². The maximum atomic E-state index is 6.72. The van der Waals surface area contributed by atoms with Gasteiger partial charge in [0.25, 0.3) is 0 Å². The number of nitrogens with zero attached hydrogens (tertiary/aromatic N) is 2. The van der Waals surface area contributed by atoms with Gasteiger partial charge in [-0.1, -0.05) is 45.4 Å². The van der Waals surface area contributed by atoms with E-state index in [1.165, 1.54) is 5.57 Å². The summed E-state index contributed by atoms with van der Waals surface area (Å²) in [5.41, 5.74) is 1.21. The Morgan fingerprint density at radius 2 is 1.89 bits per heavy atom. The topological polar surface area (TPSA) is 56.3 Å². The van der Waals surface area contributed by atoms with Crippen molar-refractivity contribution in [2.24, 2.45) is 5.92 Å². The molecule has 6 heteroatoms. The molecule has 0 fully saturated rings. The Morgan fingerprint density at radius 3 is 2.37 bits per heavy atom. The number of anilines is 1. The first-order chi connectivity index (χ1) is 12.5. The van der Waals surface area contributed by atoms with Crippen LogP contribution in [0.3, 0.4) is 0 Å². The van der Waals surface area contributed by atoms with Gasteiger partial charge in [-0.3, -0.25) is 0 Å². The third kappa shape index (κ3) is 7.20. The summed E-state index contributed by atoms with van der Waals surface area (Å²) in [4.78, 5) is 8.39. The van der Waals surface area contributed by atoms with E-state index in [-0.39, 0.29) is 23.2 Å². The first-order valence-corrected chi connectivity index (χ1v) is 12.4. The maximum Gasteiger partial charge on any atom is 0.222 e. The molecule has 0 aliphatic carbocycles. The minimum Gasteiger partial charge on any atom is -0.410 e. The van der Waals surface area contributed by atoms with Crippen LogP contribution in [0.1, 0.15) is 34.6 Å². The Labute approximate surface area is 166 Å². The monoisotopic (exact) mass is 391 g/mol. The lowest BCUT2D eigenvalue weighted by Gasteiger charge is -2.42. The lowest BCUT2D eigenvalue weighted by Crippen LogP contribution is -2.49. The summed E-state index contributed by atoms with van der Waals surface area (Å²) in [6, 6.07) is 1.80. The lowest BCUT2D eigenvalue weighted by molar-refractivity contribution is 0.00599. The van der Waals surface area contributed by atoms with Crippen molar-refractivity contribution in [3.63, 3.8) is 0 Å². The molecule has 0 amide bonds. The lowest BCUT2D eigenvalue weighted by atomic mass is 9.97. The van der Waals surface area contributed by atoms with Gasteiger partial charge in [-0.15, -0.1) is 6.58 Å². The highest BCUT2D eigenvalue weighted by Gasteiger charge is 2.41. The van der Waals surface area contributed by atoms with E-state index >= 15 is 0 Å². The van der Waals surface area contributed by atoms with Crippen LogP contribution in [0.15, 0.2) is 42.8 Å². The van der Waals surface area contributed by atoms with Crippen LogP contribution in [0.5, 0.6) is 0 Å². The first kappa shape index (κ1) is 23.5. The predicted octanol–water partition coefficient (Wildman–Crippen LogP) is 5.06. The molecule has 0 aliphatic heterocycles. The maximum absolute atomic E-state index is 6.72. The molecule has 0 saturated heterocycles. The molecule has 0 bridgehead atoms. The highest BCUT2D eigenvalue weighted by molar-refractivity contribution is 6.74. The Hall–Kier alpha value is -1.50. The van der Waals surface area contributed by atoms with Crippen LogP contribution < -0.4 is 5.32 Å². The number of methoxy groups -OCH3 is 1. The summed E-state index contributed by atoms with van der Waals surface area (Å²) < 4.78 is 12.4. The number of nitrogens with one attached hydrogen (secondary N) is 1. The van der Waals surface area contributed by atoms with Crippen LogP contribution in [-0.2, 0) is 9.16 Å². The molecule has 27 heavy (non-hydrogen) atoms. The fourth-order valence-electron chi connectivity index (χ4n) is 2.57. The van der Waals surface area contributed by atoms with E-state index < -0.39 is 8.32 Å². The van der Waals surface area contributed by atoms with E-state index in [0.29, 0.717) is 12.5 Å². The molecule has 0 unspecified atom stereocenters. The molecule has 1 heterocycles. The van der Waals surface area contributed by atoms with E-state index in [2.05, 4.69) is 75.7 Å². The molecular weight excluding hydrogens is 354 g/mol. The zero-order valence-electron chi connectivity index (χ0n) is 18.2. The van der Waals surface area contributed by atoms with Gasteiger partial charge in [-0.25, -0.2) is 9.97 Å². The molecule has 0 aromatic carbocycles. The summed E-state index contributed by atoms with van der Waals surface area (Å²) >= 11 is 0. The molecule has 0 radical (unpaired) electrons. The zero-order valence-corrected chi connectivity index (χ0v) is 19.2. The minimum absolute atomic E-state index is 0.0729. The number of rotatable bonds is 10. The average Bonchev–Trinajstić information content (AvgIpc) is 2.60. The highest BCUT2D eigenvalue weighted by atomic mass is 28.4. The average molecular weight is 392 g/mol. The number of hydrogen-bond acceptors (Lipinski definition) is 5. The smallest absolute Gasteiger partial charge is 0.222 e. The van der Waals surface area contributed by atoms with E-state index in [1.807, 2.05) is 6.08 Å². The van der Waals surface area contributed by atoms with Gasteiger partial charge in [0.2, 0.25) is 5.95 Å². The molecule has 1 aromatic heterocycles. The highest BCUT2D eigenvalue weighted by Crippen LogP contribution is 2.39. The second-order valence-corrected chi connectivity index (χ2v) is 13.3. The molecular formula is C21H37N3O2Si. The number of aromatic nitrogens is 2. The molecule has 0 aliphatic rings. The third-order valence-electron chi connectivity index (χ3n) is 5.22. The van der Waals surface area contributed by atoms with Gasteiger partial charge >= 0.3 is 0 Å². The quantitative estimate of drug-likeness (QED) is 0.446. The van der Waals surface area contributed by atoms with Gasteiger partial charge in [-0.05, 0) is 31.1 Å². The van der Waals surface area contributed by atoms with E-state index in [4.69, 9.17) is 9.16 Å². The molecule has 1 rings (SSSR count). The van der Waals surface area contributed by atoms with Crippen LogP contribution in [0.2, 0.25) is 18.1 Å². The molecule has 1 N–H and O–H groups in total. The summed E-state index contributed by atoms with van der Waals surface area (Å²) in [6.45, 7) is 20.2. The Morgan fingerprint density at radius 1 is 1.30 bits per heavy atom. The molecule has 3 atom stereocenters. The fraction of sp³-hybridized carbons (Fsp3) is 0.619. The molecule has 152 valence electrons. The first-order valence-electron chi connectivity index (χ1n) is 9.53. The normalized spacial score (nSPS) is 16.5. The van der Waals surface area contributed by atoms with E-state index in [9.17, 15) is 0 Å². The van der Waals surface area contributed by atoms with Crippen LogP contribution in [0.25, 0.3) is 0 Å². The van der Waals surface area contributed by atoms with Crippen molar-refractivity contribution in [3.05, 3.63) is 42.8 Å². The summed E-state index contributed by atoms with van der Waals surface area (Å²) in [6.07, 6.45) is 7.32. The fourth-order valence-corrected chi connectivity index (χ4v) is 3.95. The summed E-state index contributed by atoms with van der Waals surface area (Å²) in [5, 5.41) is 3.38. The standard InChI is InChI=1S/C21H37N3O2Si/c1-10-18(25-7)19(26-27(8,9)21(4,5)6)17(3)14-16(2)15-24-20-22-12-11-13-23-20/h10-14,17-19H,1,15H2,2-9H3,(H,22,23,24)/t17-,18+,19+/m1/s1. The van der Waals surface area contributed by atoms with Gasteiger partial charge in [0.05, 0.1) is 6.10 Å². The van der Waals surface area contributed by atoms with Crippen molar-refractivity contribution in [3.8, 4) is 0 Å². The van der Waals surface area contributed by atoms with Gasteiger partial charge in [0, 0.05) is 32.0 Å². The molecule has 1 aromatic rings. The Balaban J connectivity index is 2.91. The van der Waals surface area contributed by atoms with Gasteiger partial charge in [0.1, 0.15) is 6.10 Å². The van der Waals surface area contributed by atoms with Crippen molar-refractivity contribution in [1.82, 2.24) is 9.97 Å². The predicted molar refractivity (Wildman–Crippen MR) is 117 cm³/mol. The third-order valence-corrected chi connectivity index (χ3v) is 9.70. The second kappa shape index (κ2) is 10.2. The zero-order chi connectivity index (χ0) is 20.7. The van der Waals surface area contributed by atoms with E-state index in [0.717, 1.165) is 0 Å². The van der Waals surface area contributed by atoms with Crippen LogP contribution >= 0.6 is 0 Å². The van der Waals surface area contributed by atoms with Crippen molar-refractivity contribution in [2.45, 2.75) is 65.0 Å². The Kier molecular flexibility index (Phi) is 8.85. The number of hydrogen-bond donors (Lipinski definition) is 1.